The van der Waals surface area contributed by atoms with Gasteiger partial charge in [-0.2, -0.15) is 0 Å². The zero-order valence-electron chi connectivity index (χ0n) is 13.3. The Morgan fingerprint density at radius 3 is 2.52 bits per heavy atom. The molecule has 25 heavy (non-hydrogen) atoms. The van der Waals surface area contributed by atoms with Gasteiger partial charge in [-0.25, -0.2) is 8.78 Å². The van der Waals surface area contributed by atoms with Crippen LogP contribution >= 0.6 is 0 Å². The number of benzene rings is 2. The summed E-state index contributed by atoms with van der Waals surface area (Å²) >= 11 is 0. The van der Waals surface area contributed by atoms with Gasteiger partial charge in [0.2, 0.25) is 0 Å². The highest BCUT2D eigenvalue weighted by Crippen LogP contribution is 2.17. The molecule has 0 aliphatic rings. The van der Waals surface area contributed by atoms with E-state index in [1.807, 2.05) is 31.2 Å². The van der Waals surface area contributed by atoms with Gasteiger partial charge < -0.3 is 10.6 Å². The highest BCUT2D eigenvalue weighted by atomic mass is 19.1. The number of hydrogen-bond donors (Lipinski definition) is 2. The smallest absolute Gasteiger partial charge is 0.276 e. The van der Waals surface area contributed by atoms with E-state index in [0.717, 1.165) is 23.4 Å². The number of carbonyl (C=O) groups excluding carboxylic acids is 1. The lowest BCUT2D eigenvalue weighted by molar-refractivity contribution is 0.102. The van der Waals surface area contributed by atoms with Crippen LogP contribution in [-0.2, 0) is 0 Å². The molecule has 0 atom stereocenters. The number of halogens is 2. The number of hydrogen-bond acceptors (Lipinski definition) is 4. The lowest BCUT2D eigenvalue weighted by atomic mass is 10.2. The van der Waals surface area contributed by atoms with Crippen molar-refractivity contribution in [2.24, 2.45) is 0 Å². The van der Waals surface area contributed by atoms with Crippen LogP contribution in [-0.4, -0.2) is 16.1 Å². The molecule has 3 rings (SSSR count). The third-order valence-corrected chi connectivity index (χ3v) is 3.37. The molecule has 2 N–H and O–H groups in total. The Bertz CT molecular complexity index is 913. The van der Waals surface area contributed by atoms with E-state index in [-0.39, 0.29) is 11.4 Å². The summed E-state index contributed by atoms with van der Waals surface area (Å²) < 4.78 is 26.4. The zero-order valence-corrected chi connectivity index (χ0v) is 13.3. The zero-order chi connectivity index (χ0) is 17.8. The van der Waals surface area contributed by atoms with Crippen LogP contribution in [0.4, 0.5) is 26.0 Å². The van der Waals surface area contributed by atoms with Gasteiger partial charge in [0, 0.05) is 11.8 Å². The molecule has 0 unspecified atom stereocenters. The summed E-state index contributed by atoms with van der Waals surface area (Å²) in [6.07, 6.45) is 0. The normalized spacial score (nSPS) is 10.4. The maximum Gasteiger partial charge on any atom is 0.276 e. The Morgan fingerprint density at radius 1 is 1.00 bits per heavy atom. The SMILES string of the molecule is Cc1cccc(Nc2ccc(C(=O)Nc3ccc(F)cc3F)nn2)c1. The molecule has 0 radical (unpaired) electrons. The minimum atomic E-state index is -0.862. The fraction of sp³-hybridized carbons (Fsp3) is 0.0556. The van der Waals surface area contributed by atoms with Crippen molar-refractivity contribution in [3.05, 3.63) is 77.5 Å². The Hall–Kier alpha value is -3.35. The topological polar surface area (TPSA) is 66.9 Å². The summed E-state index contributed by atoms with van der Waals surface area (Å²) in [7, 11) is 0. The molecule has 126 valence electrons. The van der Waals surface area contributed by atoms with Crippen molar-refractivity contribution in [3.8, 4) is 0 Å². The van der Waals surface area contributed by atoms with E-state index in [1.165, 1.54) is 6.07 Å². The first-order valence-electron chi connectivity index (χ1n) is 7.45. The van der Waals surface area contributed by atoms with E-state index in [0.29, 0.717) is 11.9 Å². The van der Waals surface area contributed by atoms with Gasteiger partial charge in [-0.15, -0.1) is 10.2 Å². The van der Waals surface area contributed by atoms with E-state index in [2.05, 4.69) is 20.8 Å². The van der Waals surface area contributed by atoms with Crippen molar-refractivity contribution in [1.29, 1.82) is 0 Å². The molecule has 0 aliphatic carbocycles. The average molecular weight is 340 g/mol. The Balaban J connectivity index is 1.70. The Morgan fingerprint density at radius 2 is 1.84 bits per heavy atom. The Kier molecular flexibility index (Phi) is 4.65. The summed E-state index contributed by atoms with van der Waals surface area (Å²) in [5.74, 6) is -1.75. The van der Waals surface area contributed by atoms with Gasteiger partial charge in [-0.1, -0.05) is 12.1 Å². The van der Waals surface area contributed by atoms with Crippen molar-refractivity contribution < 1.29 is 13.6 Å². The minimum absolute atomic E-state index is 0.0125. The molecule has 7 heteroatoms. The van der Waals surface area contributed by atoms with Crippen LogP contribution in [0.5, 0.6) is 0 Å². The molecule has 0 spiro atoms. The predicted octanol–water partition coefficient (Wildman–Crippen LogP) is 4.06. The number of nitrogens with one attached hydrogen (secondary N) is 2. The molecule has 0 bridgehead atoms. The van der Waals surface area contributed by atoms with Crippen LogP contribution in [0.3, 0.4) is 0 Å². The van der Waals surface area contributed by atoms with Gasteiger partial charge in [0.25, 0.3) is 5.91 Å². The number of aryl methyl sites for hydroxylation is 1. The number of amides is 1. The van der Waals surface area contributed by atoms with Crippen LogP contribution in [0.25, 0.3) is 0 Å². The van der Waals surface area contributed by atoms with Crippen LogP contribution < -0.4 is 10.6 Å². The third kappa shape index (κ3) is 4.14. The van der Waals surface area contributed by atoms with Gasteiger partial charge in [-0.3, -0.25) is 4.79 Å². The largest absolute Gasteiger partial charge is 0.339 e. The highest BCUT2D eigenvalue weighted by molar-refractivity contribution is 6.02. The second-order valence-corrected chi connectivity index (χ2v) is 5.38. The molecule has 5 nitrogen and oxygen atoms in total. The van der Waals surface area contributed by atoms with Gasteiger partial charge in [0.05, 0.1) is 5.69 Å². The van der Waals surface area contributed by atoms with Gasteiger partial charge in [0.1, 0.15) is 11.6 Å². The molecule has 2 aromatic carbocycles. The first kappa shape index (κ1) is 16.5. The van der Waals surface area contributed by atoms with Crippen LogP contribution in [0.15, 0.2) is 54.6 Å². The van der Waals surface area contributed by atoms with E-state index >= 15 is 0 Å². The molecule has 0 aliphatic heterocycles. The standard InChI is InChI=1S/C18H14F2N4O/c1-11-3-2-4-13(9-11)21-17-8-7-16(23-24-17)18(25)22-15-6-5-12(19)10-14(15)20/h2-10H,1H3,(H,21,24)(H,22,25). The molecule has 1 aromatic heterocycles. The predicted molar refractivity (Wildman–Crippen MR) is 90.8 cm³/mol. The first-order chi connectivity index (χ1) is 12.0. The van der Waals surface area contributed by atoms with Crippen molar-refractivity contribution in [2.75, 3.05) is 10.6 Å². The van der Waals surface area contributed by atoms with Crippen molar-refractivity contribution in [1.82, 2.24) is 10.2 Å². The van der Waals surface area contributed by atoms with Gasteiger partial charge in [-0.05, 0) is 48.9 Å². The van der Waals surface area contributed by atoms with Crippen LogP contribution in [0.1, 0.15) is 16.1 Å². The Labute approximate surface area is 142 Å². The molecule has 1 amide bonds. The molecule has 1 heterocycles. The number of rotatable bonds is 4. The second-order valence-electron chi connectivity index (χ2n) is 5.38. The molecule has 0 saturated carbocycles. The van der Waals surface area contributed by atoms with Crippen molar-refractivity contribution in [2.45, 2.75) is 6.92 Å². The number of carbonyl (C=O) groups is 1. The maximum absolute atomic E-state index is 13.6. The summed E-state index contributed by atoms with van der Waals surface area (Å²) in [6.45, 7) is 1.97. The summed E-state index contributed by atoms with van der Waals surface area (Å²) in [5, 5.41) is 13.1. The summed E-state index contributed by atoms with van der Waals surface area (Å²) in [5.41, 5.74) is 1.82. The lowest BCUT2D eigenvalue weighted by Crippen LogP contribution is -2.15. The fourth-order valence-electron chi connectivity index (χ4n) is 2.17. The molecular weight excluding hydrogens is 326 g/mol. The third-order valence-electron chi connectivity index (χ3n) is 3.37. The van der Waals surface area contributed by atoms with Gasteiger partial charge >= 0.3 is 0 Å². The average Bonchev–Trinajstić information content (AvgIpc) is 2.58. The second kappa shape index (κ2) is 7.04. The lowest BCUT2D eigenvalue weighted by Gasteiger charge is -2.07. The van der Waals surface area contributed by atoms with E-state index in [9.17, 15) is 13.6 Å². The number of aromatic nitrogens is 2. The fourth-order valence-corrected chi connectivity index (χ4v) is 2.17. The molecule has 0 saturated heterocycles. The van der Waals surface area contributed by atoms with Crippen LogP contribution in [0.2, 0.25) is 0 Å². The molecular formula is C18H14F2N4O. The van der Waals surface area contributed by atoms with Crippen LogP contribution in [0, 0.1) is 18.6 Å². The van der Waals surface area contributed by atoms with Crippen molar-refractivity contribution >= 4 is 23.1 Å². The number of anilines is 3. The first-order valence-corrected chi connectivity index (χ1v) is 7.45. The summed E-state index contributed by atoms with van der Waals surface area (Å²) in [4.78, 5) is 12.1. The quantitative estimate of drug-likeness (QED) is 0.752. The van der Waals surface area contributed by atoms with E-state index in [1.54, 1.807) is 6.07 Å². The number of nitrogens with zero attached hydrogens (tertiary/aromatic N) is 2. The maximum atomic E-state index is 13.6. The molecule has 3 aromatic rings. The summed E-state index contributed by atoms with van der Waals surface area (Å²) in [6, 6.07) is 13.6. The monoisotopic (exact) mass is 340 g/mol. The van der Waals surface area contributed by atoms with Crippen molar-refractivity contribution in [3.63, 3.8) is 0 Å². The van der Waals surface area contributed by atoms with E-state index < -0.39 is 17.5 Å². The minimum Gasteiger partial charge on any atom is -0.339 e. The van der Waals surface area contributed by atoms with E-state index in [4.69, 9.17) is 0 Å². The van der Waals surface area contributed by atoms with Gasteiger partial charge in [0.15, 0.2) is 11.5 Å². The highest BCUT2D eigenvalue weighted by Gasteiger charge is 2.12. The molecule has 0 fully saturated rings.